The lowest BCUT2D eigenvalue weighted by molar-refractivity contribution is -0.133. The minimum atomic E-state index is 0. The molecule has 7 nitrogen and oxygen atoms in total. The lowest BCUT2D eigenvalue weighted by atomic mass is 10.1. The number of piperazine rings is 1. The highest BCUT2D eigenvalue weighted by atomic mass is 127. The van der Waals surface area contributed by atoms with Crippen molar-refractivity contribution in [3.05, 3.63) is 29.3 Å². The van der Waals surface area contributed by atoms with Crippen molar-refractivity contribution in [2.24, 2.45) is 4.99 Å². The molecule has 174 valence electrons. The Balaban J connectivity index is 0.00000341. The third-order valence-corrected chi connectivity index (χ3v) is 6.12. The van der Waals surface area contributed by atoms with Gasteiger partial charge in [0.2, 0.25) is 5.91 Å². The molecule has 1 amide bonds. The van der Waals surface area contributed by atoms with Gasteiger partial charge in [-0.2, -0.15) is 0 Å². The van der Waals surface area contributed by atoms with E-state index in [0.717, 1.165) is 82.3 Å². The van der Waals surface area contributed by atoms with Crippen molar-refractivity contribution >= 4 is 35.8 Å². The first-order valence-electron chi connectivity index (χ1n) is 11.2. The van der Waals surface area contributed by atoms with E-state index >= 15 is 0 Å². The molecule has 1 aromatic carbocycles. The zero-order chi connectivity index (χ0) is 21.3. The van der Waals surface area contributed by atoms with E-state index < -0.39 is 0 Å². The summed E-state index contributed by atoms with van der Waals surface area (Å²) in [6.07, 6.45) is 4.47. The number of rotatable bonds is 6. The Morgan fingerprint density at radius 1 is 1.06 bits per heavy atom. The molecular formula is C23H38IN5O2. The van der Waals surface area contributed by atoms with Crippen LogP contribution >= 0.6 is 24.0 Å². The van der Waals surface area contributed by atoms with Crippen molar-refractivity contribution in [2.45, 2.75) is 32.6 Å². The van der Waals surface area contributed by atoms with Gasteiger partial charge < -0.3 is 19.9 Å². The van der Waals surface area contributed by atoms with E-state index in [2.05, 4.69) is 45.2 Å². The van der Waals surface area contributed by atoms with Crippen molar-refractivity contribution in [3.8, 4) is 5.75 Å². The number of aliphatic imine (C=N–C) groups is 1. The Morgan fingerprint density at radius 2 is 1.77 bits per heavy atom. The minimum absolute atomic E-state index is 0. The number of nitrogens with zero attached hydrogens (tertiary/aromatic N) is 4. The summed E-state index contributed by atoms with van der Waals surface area (Å²) in [5.41, 5.74) is 2.41. The van der Waals surface area contributed by atoms with Crippen molar-refractivity contribution in [3.63, 3.8) is 0 Å². The fourth-order valence-electron chi connectivity index (χ4n) is 4.22. The third kappa shape index (κ3) is 7.52. The zero-order valence-electron chi connectivity index (χ0n) is 19.2. The number of piperidine rings is 1. The van der Waals surface area contributed by atoms with Gasteiger partial charge in [0, 0.05) is 52.9 Å². The largest absolute Gasteiger partial charge is 0.496 e. The summed E-state index contributed by atoms with van der Waals surface area (Å²) in [5, 5.41) is 3.49. The molecule has 31 heavy (non-hydrogen) atoms. The van der Waals surface area contributed by atoms with Gasteiger partial charge in [-0.15, -0.1) is 24.0 Å². The summed E-state index contributed by atoms with van der Waals surface area (Å²) < 4.78 is 5.42. The average molecular weight is 543 g/mol. The van der Waals surface area contributed by atoms with Gasteiger partial charge in [0.25, 0.3) is 0 Å². The zero-order valence-corrected chi connectivity index (χ0v) is 21.6. The number of benzene rings is 1. The van der Waals surface area contributed by atoms with Crippen molar-refractivity contribution in [2.75, 3.05) is 66.5 Å². The first-order chi connectivity index (χ1) is 14.6. The second-order valence-corrected chi connectivity index (χ2v) is 8.23. The Labute approximate surface area is 204 Å². The summed E-state index contributed by atoms with van der Waals surface area (Å²) in [6.45, 7) is 8.88. The van der Waals surface area contributed by atoms with Crippen LogP contribution in [0.3, 0.4) is 0 Å². The third-order valence-electron chi connectivity index (χ3n) is 6.12. The highest BCUT2D eigenvalue weighted by Gasteiger charge is 2.23. The number of aryl methyl sites for hydroxylation is 1. The van der Waals surface area contributed by atoms with E-state index in [4.69, 9.17) is 4.74 Å². The molecule has 0 saturated carbocycles. The monoisotopic (exact) mass is 543 g/mol. The van der Waals surface area contributed by atoms with E-state index in [1.807, 2.05) is 11.9 Å². The number of amides is 1. The van der Waals surface area contributed by atoms with E-state index in [-0.39, 0.29) is 24.0 Å². The molecule has 2 fully saturated rings. The van der Waals surface area contributed by atoms with Crippen molar-refractivity contribution in [1.82, 2.24) is 20.0 Å². The summed E-state index contributed by atoms with van der Waals surface area (Å²) in [5.74, 6) is 2.17. The fourth-order valence-corrected chi connectivity index (χ4v) is 4.22. The number of carbonyl (C=O) groups excluding carboxylic acids is 1. The van der Waals surface area contributed by atoms with Crippen molar-refractivity contribution in [1.29, 1.82) is 0 Å². The number of hydrogen-bond acceptors (Lipinski definition) is 4. The molecule has 1 aromatic rings. The molecule has 2 aliphatic heterocycles. The molecule has 8 heteroatoms. The smallest absolute Gasteiger partial charge is 0.236 e. The van der Waals surface area contributed by atoms with Gasteiger partial charge >= 0.3 is 0 Å². The molecule has 0 bridgehead atoms. The number of halogens is 1. The Bertz CT molecular complexity index is 729. The van der Waals surface area contributed by atoms with E-state index in [1.165, 1.54) is 12.0 Å². The molecule has 1 N–H and O–H groups in total. The predicted octanol–water partition coefficient (Wildman–Crippen LogP) is 2.37. The van der Waals surface area contributed by atoms with Crippen LogP contribution in [0.5, 0.6) is 5.75 Å². The topological polar surface area (TPSA) is 60.4 Å². The summed E-state index contributed by atoms with van der Waals surface area (Å²) in [4.78, 5) is 23.6. The van der Waals surface area contributed by atoms with Crippen LogP contribution in [-0.2, 0) is 11.2 Å². The van der Waals surface area contributed by atoms with Gasteiger partial charge in [-0.05, 0) is 49.8 Å². The number of methoxy groups -OCH3 is 1. The molecule has 3 rings (SSSR count). The van der Waals surface area contributed by atoms with Crippen LogP contribution in [0.1, 0.15) is 30.4 Å². The van der Waals surface area contributed by atoms with Crippen LogP contribution in [0.25, 0.3) is 0 Å². The van der Waals surface area contributed by atoms with Gasteiger partial charge in [-0.25, -0.2) is 0 Å². The van der Waals surface area contributed by atoms with Crippen LogP contribution < -0.4 is 10.1 Å². The first kappa shape index (κ1) is 25.7. The fraction of sp³-hybridized carbons (Fsp3) is 0.652. The van der Waals surface area contributed by atoms with Crippen molar-refractivity contribution < 1.29 is 9.53 Å². The standard InChI is InChI=1S/C23H37N5O2.HI/c1-19-7-8-20(17-21(19)30-3)9-10-25-23(24-2)28-15-13-26(14-16-28)18-22(29)27-11-5-4-6-12-27;/h7-8,17H,4-6,9-16,18H2,1-3H3,(H,24,25);1H. The average Bonchev–Trinajstić information content (AvgIpc) is 2.79. The molecule has 0 aromatic heterocycles. The van der Waals surface area contributed by atoms with Crippen LogP contribution in [0.15, 0.2) is 23.2 Å². The lowest BCUT2D eigenvalue weighted by Gasteiger charge is -2.37. The first-order valence-corrected chi connectivity index (χ1v) is 11.2. The summed E-state index contributed by atoms with van der Waals surface area (Å²) in [6, 6.07) is 6.37. The quantitative estimate of drug-likeness (QED) is 0.339. The summed E-state index contributed by atoms with van der Waals surface area (Å²) >= 11 is 0. The molecule has 0 atom stereocenters. The molecule has 0 radical (unpaired) electrons. The number of carbonyl (C=O) groups is 1. The van der Waals surface area contributed by atoms with Crippen LogP contribution in [0.2, 0.25) is 0 Å². The number of ether oxygens (including phenoxy) is 1. The Hall–Kier alpha value is -1.55. The molecular weight excluding hydrogens is 505 g/mol. The molecule has 0 spiro atoms. The predicted molar refractivity (Wildman–Crippen MR) is 137 cm³/mol. The highest BCUT2D eigenvalue weighted by Crippen LogP contribution is 2.19. The molecule has 2 aliphatic rings. The number of hydrogen-bond donors (Lipinski definition) is 1. The maximum Gasteiger partial charge on any atom is 0.236 e. The van der Waals surface area contributed by atoms with Crippen LogP contribution in [0.4, 0.5) is 0 Å². The van der Waals surface area contributed by atoms with Gasteiger partial charge in [-0.3, -0.25) is 14.7 Å². The molecule has 2 heterocycles. The van der Waals surface area contributed by atoms with Gasteiger partial charge in [0.15, 0.2) is 5.96 Å². The van der Waals surface area contributed by atoms with E-state index in [1.54, 1.807) is 7.11 Å². The van der Waals surface area contributed by atoms with Gasteiger partial charge in [0.05, 0.1) is 13.7 Å². The van der Waals surface area contributed by atoms with Crippen LogP contribution in [0, 0.1) is 6.92 Å². The maximum atomic E-state index is 12.5. The van der Waals surface area contributed by atoms with E-state index in [9.17, 15) is 4.79 Å². The molecule has 0 aliphatic carbocycles. The second kappa shape index (κ2) is 13.1. The molecule has 0 unspecified atom stereocenters. The van der Waals surface area contributed by atoms with Gasteiger partial charge in [-0.1, -0.05) is 12.1 Å². The highest BCUT2D eigenvalue weighted by molar-refractivity contribution is 14.0. The van der Waals surface area contributed by atoms with Crippen LogP contribution in [-0.4, -0.2) is 93.1 Å². The summed E-state index contributed by atoms with van der Waals surface area (Å²) in [7, 11) is 3.55. The lowest BCUT2D eigenvalue weighted by Crippen LogP contribution is -2.54. The second-order valence-electron chi connectivity index (χ2n) is 8.23. The maximum absolute atomic E-state index is 12.5. The van der Waals surface area contributed by atoms with Gasteiger partial charge in [0.1, 0.15) is 5.75 Å². The normalized spacial score (nSPS) is 17.8. The SMILES string of the molecule is CN=C(NCCc1ccc(C)c(OC)c1)N1CCN(CC(=O)N2CCCCC2)CC1.I. The minimum Gasteiger partial charge on any atom is -0.496 e. The number of likely N-dealkylation sites (tertiary alicyclic amines) is 1. The Morgan fingerprint density at radius 3 is 2.42 bits per heavy atom. The number of guanidine groups is 1. The Kier molecular flexibility index (Phi) is 10.9. The number of nitrogens with one attached hydrogen (secondary N) is 1. The molecule has 2 saturated heterocycles. The van der Waals surface area contributed by atoms with E-state index in [0.29, 0.717) is 12.5 Å².